The number of likely N-dealkylation sites (N-methyl/N-ethyl adjacent to an activating group) is 1. The van der Waals surface area contributed by atoms with E-state index >= 15 is 0 Å². The Morgan fingerprint density at radius 2 is 2.00 bits per heavy atom. The van der Waals surface area contributed by atoms with Gasteiger partial charge in [-0.2, -0.15) is 5.26 Å². The normalized spacial score (nSPS) is 12.0. The van der Waals surface area contributed by atoms with Gasteiger partial charge in [0.15, 0.2) is 0 Å². The molecule has 0 aliphatic carbocycles. The zero-order chi connectivity index (χ0) is 15.8. The molecule has 0 saturated carbocycles. The van der Waals surface area contributed by atoms with Crippen LogP contribution in [-0.2, 0) is 4.79 Å². The highest BCUT2D eigenvalue weighted by molar-refractivity contribution is 5.96. The van der Waals surface area contributed by atoms with Crippen LogP contribution >= 0.6 is 0 Å². The summed E-state index contributed by atoms with van der Waals surface area (Å²) in [5, 5.41) is 17.7. The Balaban J connectivity index is 2.93. The van der Waals surface area contributed by atoms with E-state index in [1.54, 1.807) is 18.9 Å². The molecule has 1 amide bonds. The van der Waals surface area contributed by atoms with Gasteiger partial charge in [0.05, 0.1) is 25.1 Å². The minimum atomic E-state index is -0.444. The molecule has 6 heteroatoms. The first-order valence-corrected chi connectivity index (χ1v) is 6.76. The molecule has 1 atom stereocenters. The third-order valence-electron chi connectivity index (χ3n) is 3.32. The number of nitrogens with zero attached hydrogens (tertiary/aromatic N) is 3. The number of aliphatic hydroxyl groups is 1. The molecule has 0 bridgehead atoms. The number of hydrogen-bond acceptors (Lipinski definition) is 4. The van der Waals surface area contributed by atoms with Crippen molar-refractivity contribution in [2.24, 2.45) is 0 Å². The SMILES string of the molecule is CC(C(=O)N(CCC#N)c1ccc(F)cc1)N(C)CCO. The predicted molar refractivity (Wildman–Crippen MR) is 78.2 cm³/mol. The van der Waals surface area contributed by atoms with Crippen LogP contribution in [0.15, 0.2) is 24.3 Å². The molecule has 0 heterocycles. The minimum Gasteiger partial charge on any atom is -0.395 e. The molecular formula is C15H20FN3O2. The van der Waals surface area contributed by atoms with Gasteiger partial charge in [0.25, 0.3) is 0 Å². The van der Waals surface area contributed by atoms with Gasteiger partial charge in [-0.1, -0.05) is 0 Å². The van der Waals surface area contributed by atoms with Crippen LogP contribution in [0.1, 0.15) is 13.3 Å². The maximum atomic E-state index is 13.0. The number of benzene rings is 1. The van der Waals surface area contributed by atoms with Gasteiger partial charge in [0, 0.05) is 18.8 Å². The summed E-state index contributed by atoms with van der Waals surface area (Å²) >= 11 is 0. The number of hydrogen-bond donors (Lipinski definition) is 1. The molecule has 114 valence electrons. The molecule has 0 aliphatic heterocycles. The molecule has 21 heavy (non-hydrogen) atoms. The standard InChI is InChI=1S/C15H20FN3O2/c1-12(18(2)10-11-20)15(21)19(9-3-8-17)14-6-4-13(16)5-7-14/h4-7,12,20H,3,9-11H2,1-2H3. The molecule has 0 radical (unpaired) electrons. The number of halogens is 1. The molecule has 1 aromatic rings. The third kappa shape index (κ3) is 4.81. The monoisotopic (exact) mass is 293 g/mol. The van der Waals surface area contributed by atoms with Gasteiger partial charge in [-0.05, 0) is 38.2 Å². The molecule has 0 aromatic heterocycles. The first kappa shape index (κ1) is 17.1. The van der Waals surface area contributed by atoms with Crippen molar-refractivity contribution in [1.29, 1.82) is 5.26 Å². The summed E-state index contributed by atoms with van der Waals surface area (Å²) in [6, 6.07) is 7.16. The first-order chi connectivity index (χ1) is 10.0. The van der Waals surface area contributed by atoms with Crippen molar-refractivity contribution >= 4 is 11.6 Å². The van der Waals surface area contributed by atoms with Crippen molar-refractivity contribution in [2.45, 2.75) is 19.4 Å². The highest BCUT2D eigenvalue weighted by Gasteiger charge is 2.24. The van der Waals surface area contributed by atoms with E-state index in [1.807, 2.05) is 6.07 Å². The molecular weight excluding hydrogens is 273 g/mol. The Kier molecular flexibility index (Phi) is 6.79. The topological polar surface area (TPSA) is 67.6 Å². The summed E-state index contributed by atoms with van der Waals surface area (Å²) in [7, 11) is 1.74. The second kappa shape index (κ2) is 8.35. The molecule has 1 rings (SSSR count). The van der Waals surface area contributed by atoms with E-state index in [0.717, 1.165) is 0 Å². The summed E-state index contributed by atoms with van der Waals surface area (Å²) in [5.41, 5.74) is 0.556. The van der Waals surface area contributed by atoms with Gasteiger partial charge >= 0.3 is 0 Å². The fourth-order valence-corrected chi connectivity index (χ4v) is 1.91. The Bertz CT molecular complexity index is 499. The number of aliphatic hydroxyl groups excluding tert-OH is 1. The highest BCUT2D eigenvalue weighted by atomic mass is 19.1. The summed E-state index contributed by atoms with van der Waals surface area (Å²) in [6.45, 7) is 2.32. The molecule has 0 spiro atoms. The van der Waals surface area contributed by atoms with E-state index in [2.05, 4.69) is 0 Å². The van der Waals surface area contributed by atoms with Crippen LogP contribution in [-0.4, -0.2) is 48.7 Å². The molecule has 0 aliphatic rings. The van der Waals surface area contributed by atoms with Gasteiger partial charge in [-0.3, -0.25) is 9.69 Å². The zero-order valence-electron chi connectivity index (χ0n) is 12.3. The third-order valence-corrected chi connectivity index (χ3v) is 3.32. The summed E-state index contributed by atoms with van der Waals surface area (Å²) in [6.07, 6.45) is 0.194. The number of amides is 1. The van der Waals surface area contributed by atoms with Crippen LogP contribution in [0.4, 0.5) is 10.1 Å². The van der Waals surface area contributed by atoms with Crippen LogP contribution in [0.2, 0.25) is 0 Å². The molecule has 0 saturated heterocycles. The maximum absolute atomic E-state index is 13.0. The number of carbonyl (C=O) groups is 1. The van der Waals surface area contributed by atoms with Gasteiger partial charge < -0.3 is 10.0 Å². The molecule has 1 aromatic carbocycles. The van der Waals surface area contributed by atoms with Gasteiger partial charge in [0.1, 0.15) is 5.82 Å². The lowest BCUT2D eigenvalue weighted by molar-refractivity contribution is -0.122. The molecule has 5 nitrogen and oxygen atoms in total. The smallest absolute Gasteiger partial charge is 0.244 e. The van der Waals surface area contributed by atoms with E-state index in [0.29, 0.717) is 12.2 Å². The lowest BCUT2D eigenvalue weighted by Gasteiger charge is -2.29. The summed E-state index contributed by atoms with van der Waals surface area (Å²) < 4.78 is 13.0. The zero-order valence-corrected chi connectivity index (χ0v) is 12.3. The second-order valence-corrected chi connectivity index (χ2v) is 4.75. The van der Waals surface area contributed by atoms with Gasteiger partial charge in [-0.25, -0.2) is 4.39 Å². The molecule has 1 N–H and O–H groups in total. The lowest BCUT2D eigenvalue weighted by Crippen LogP contribution is -2.47. The number of anilines is 1. The largest absolute Gasteiger partial charge is 0.395 e. The summed E-state index contributed by atoms with van der Waals surface area (Å²) in [5.74, 6) is -0.565. The second-order valence-electron chi connectivity index (χ2n) is 4.75. The maximum Gasteiger partial charge on any atom is 0.244 e. The number of carbonyl (C=O) groups excluding carboxylic acids is 1. The van der Waals surface area contributed by atoms with E-state index in [1.165, 1.54) is 29.2 Å². The Labute approximate surface area is 124 Å². The van der Waals surface area contributed by atoms with E-state index in [4.69, 9.17) is 10.4 Å². The Hall–Kier alpha value is -1.97. The van der Waals surface area contributed by atoms with Gasteiger partial charge in [-0.15, -0.1) is 0 Å². The van der Waals surface area contributed by atoms with Crippen LogP contribution in [0.5, 0.6) is 0 Å². The Morgan fingerprint density at radius 1 is 1.38 bits per heavy atom. The van der Waals surface area contributed by atoms with Crippen molar-refractivity contribution in [3.8, 4) is 6.07 Å². The van der Waals surface area contributed by atoms with Gasteiger partial charge in [0.2, 0.25) is 5.91 Å². The minimum absolute atomic E-state index is 0.0388. The van der Waals surface area contributed by atoms with Crippen molar-refractivity contribution in [3.05, 3.63) is 30.1 Å². The first-order valence-electron chi connectivity index (χ1n) is 6.76. The van der Waals surface area contributed by atoms with Crippen LogP contribution < -0.4 is 4.90 Å². The van der Waals surface area contributed by atoms with Crippen LogP contribution in [0.3, 0.4) is 0 Å². The molecule has 1 unspecified atom stereocenters. The van der Waals surface area contributed by atoms with E-state index < -0.39 is 6.04 Å². The van der Waals surface area contributed by atoms with Crippen molar-refractivity contribution in [2.75, 3.05) is 31.6 Å². The quantitative estimate of drug-likeness (QED) is 0.825. The average molecular weight is 293 g/mol. The van der Waals surface area contributed by atoms with Crippen molar-refractivity contribution in [1.82, 2.24) is 4.90 Å². The van der Waals surface area contributed by atoms with Crippen LogP contribution in [0, 0.1) is 17.1 Å². The van der Waals surface area contributed by atoms with E-state index in [-0.39, 0.29) is 31.3 Å². The lowest BCUT2D eigenvalue weighted by atomic mass is 10.2. The number of rotatable bonds is 7. The average Bonchev–Trinajstić information content (AvgIpc) is 2.48. The molecule has 0 fully saturated rings. The fraction of sp³-hybridized carbons (Fsp3) is 0.467. The Morgan fingerprint density at radius 3 is 2.52 bits per heavy atom. The fourth-order valence-electron chi connectivity index (χ4n) is 1.91. The number of nitriles is 1. The highest BCUT2D eigenvalue weighted by Crippen LogP contribution is 2.17. The van der Waals surface area contributed by atoms with Crippen molar-refractivity contribution < 1.29 is 14.3 Å². The summed E-state index contributed by atoms with van der Waals surface area (Å²) in [4.78, 5) is 15.8. The predicted octanol–water partition coefficient (Wildman–Crippen LogP) is 1.38. The van der Waals surface area contributed by atoms with Crippen molar-refractivity contribution in [3.63, 3.8) is 0 Å². The van der Waals surface area contributed by atoms with E-state index in [9.17, 15) is 9.18 Å². The van der Waals surface area contributed by atoms with Crippen LogP contribution in [0.25, 0.3) is 0 Å².